The molecule has 0 radical (unpaired) electrons. The minimum Gasteiger partial charge on any atom is -0.332 e. The van der Waals surface area contributed by atoms with Gasteiger partial charge in [-0.2, -0.15) is 13.3 Å². The molecule has 5 heavy (non-hydrogen) atoms. The normalized spacial score (nSPS) is 6.00. The second-order valence-corrected chi connectivity index (χ2v) is 0.816. The van der Waals surface area contributed by atoms with Crippen molar-refractivity contribution in [2.45, 2.75) is 20.3 Å². The fourth-order valence-electron chi connectivity index (χ4n) is 0. The van der Waals surface area contributed by atoms with E-state index >= 15 is 0 Å². The third kappa shape index (κ3) is 11.2. The molecule has 1 heteroatoms. The van der Waals surface area contributed by atoms with E-state index in [0.717, 1.165) is 0 Å². The molecule has 0 unspecified atom stereocenters. The molecule has 0 spiro atoms. The van der Waals surface area contributed by atoms with Gasteiger partial charge in [0.1, 0.15) is 0 Å². The first kappa shape index (κ1) is 9.38. The third-order valence-corrected chi connectivity index (χ3v) is 0.408. The van der Waals surface area contributed by atoms with Gasteiger partial charge in [0.2, 0.25) is 0 Å². The van der Waals surface area contributed by atoms with E-state index in [1.165, 1.54) is 6.42 Å². The first-order valence-corrected chi connectivity index (χ1v) is 1.69. The van der Waals surface area contributed by atoms with Gasteiger partial charge >= 0.3 is 29.6 Å². The summed E-state index contributed by atoms with van der Waals surface area (Å²) in [6.45, 7) is 4.18. The van der Waals surface area contributed by atoms with Crippen LogP contribution >= 0.6 is 0 Å². The average molecular weight is 80.1 g/mol. The molecule has 26 valence electrons. The van der Waals surface area contributed by atoms with E-state index in [-0.39, 0.29) is 29.6 Å². The van der Waals surface area contributed by atoms with Gasteiger partial charge in [-0.1, -0.05) is 6.92 Å². The first-order valence-electron chi connectivity index (χ1n) is 1.69. The van der Waals surface area contributed by atoms with E-state index in [4.69, 9.17) is 0 Å². The van der Waals surface area contributed by atoms with Crippen molar-refractivity contribution in [1.29, 1.82) is 0 Å². The van der Waals surface area contributed by atoms with Gasteiger partial charge in [0.05, 0.1) is 0 Å². The number of rotatable bonds is 1. The maximum atomic E-state index is 2.12. The van der Waals surface area contributed by atoms with E-state index in [1.807, 2.05) is 0 Å². The Morgan fingerprint density at radius 1 is 1.60 bits per heavy atom. The molecule has 0 rings (SSSR count). The van der Waals surface area contributed by atoms with Crippen molar-refractivity contribution in [3.05, 3.63) is 6.42 Å². The summed E-state index contributed by atoms with van der Waals surface area (Å²) in [5, 5.41) is 0. The predicted octanol–water partition coefficient (Wildman–Crippen LogP) is -1.38. The van der Waals surface area contributed by atoms with Gasteiger partial charge in [0, 0.05) is 0 Å². The fraction of sp³-hybridized carbons (Fsp3) is 0.750. The zero-order chi connectivity index (χ0) is 3.41. The van der Waals surface area contributed by atoms with Crippen LogP contribution in [0, 0.1) is 6.42 Å². The Kier molecular flexibility index (Phi) is 16.7. The van der Waals surface area contributed by atoms with Crippen LogP contribution in [0.4, 0.5) is 0 Å². The van der Waals surface area contributed by atoms with Gasteiger partial charge in [-0.3, -0.25) is 0 Å². The molecule has 0 heterocycles. The van der Waals surface area contributed by atoms with E-state index in [2.05, 4.69) is 20.3 Å². The summed E-state index contributed by atoms with van der Waals surface area (Å²) in [4.78, 5) is 0. The quantitative estimate of drug-likeness (QED) is 0.269. The molecule has 0 aromatic rings. The average Bonchev–Trinajstić information content (AvgIpc) is 1.37. The Labute approximate surface area is 56.2 Å². The van der Waals surface area contributed by atoms with E-state index in [0.29, 0.717) is 0 Å². The molecule has 0 aliphatic heterocycles. The van der Waals surface area contributed by atoms with E-state index in [1.54, 1.807) is 0 Å². The summed E-state index contributed by atoms with van der Waals surface area (Å²) in [7, 11) is 0. The van der Waals surface area contributed by atoms with Crippen LogP contribution in [0.3, 0.4) is 0 Å². The molecular weight excluding hydrogens is 71.0 g/mol. The topological polar surface area (TPSA) is 0 Å². The molecule has 0 aromatic carbocycles. The number of hydrogen-bond donors (Lipinski definition) is 0. The SMILES string of the molecule is C[CH-]CC.[Na+]. The van der Waals surface area contributed by atoms with Crippen LogP contribution in [0.2, 0.25) is 0 Å². The Bertz CT molecular complexity index is 5.61. The predicted molar refractivity (Wildman–Crippen MR) is 20.3 cm³/mol. The molecule has 0 aliphatic rings. The van der Waals surface area contributed by atoms with Crippen molar-refractivity contribution in [2.24, 2.45) is 0 Å². The van der Waals surface area contributed by atoms with Crippen molar-refractivity contribution in [3.8, 4) is 0 Å². The Balaban J connectivity index is 0. The van der Waals surface area contributed by atoms with Crippen molar-refractivity contribution in [1.82, 2.24) is 0 Å². The number of unbranched alkanes of at least 4 members (excludes halogenated alkanes) is 1. The molecule has 0 amide bonds. The third-order valence-electron chi connectivity index (χ3n) is 0.408. The molecular formula is C4H9Na. The van der Waals surface area contributed by atoms with Crippen LogP contribution in [0.25, 0.3) is 0 Å². The maximum Gasteiger partial charge on any atom is 1.00 e. The number of hydrogen-bond acceptors (Lipinski definition) is 0. The maximum absolute atomic E-state index is 2.12. The van der Waals surface area contributed by atoms with Crippen LogP contribution in [0.15, 0.2) is 0 Å². The molecule has 0 bridgehead atoms. The van der Waals surface area contributed by atoms with Gasteiger partial charge in [0.25, 0.3) is 0 Å². The van der Waals surface area contributed by atoms with Crippen LogP contribution in [0.1, 0.15) is 20.3 Å². The molecule has 0 saturated heterocycles. The second-order valence-electron chi connectivity index (χ2n) is 0.816. The van der Waals surface area contributed by atoms with Gasteiger partial charge in [0.15, 0.2) is 0 Å². The summed E-state index contributed by atoms with van der Waals surface area (Å²) >= 11 is 0. The zero-order valence-corrected chi connectivity index (χ0v) is 6.28. The molecule has 0 fully saturated rings. The van der Waals surface area contributed by atoms with Crippen LogP contribution < -0.4 is 29.6 Å². The van der Waals surface area contributed by atoms with Crippen molar-refractivity contribution in [2.75, 3.05) is 0 Å². The molecule has 0 saturated carbocycles. The first-order chi connectivity index (χ1) is 1.91. The molecule has 0 aliphatic carbocycles. The summed E-state index contributed by atoms with van der Waals surface area (Å²) in [6.07, 6.45) is 3.32. The smallest absolute Gasteiger partial charge is 0.332 e. The molecule has 0 nitrogen and oxygen atoms in total. The summed E-state index contributed by atoms with van der Waals surface area (Å²) in [5.74, 6) is 0. The van der Waals surface area contributed by atoms with Crippen LogP contribution in [-0.2, 0) is 0 Å². The minimum absolute atomic E-state index is 0. The van der Waals surface area contributed by atoms with Crippen molar-refractivity contribution < 1.29 is 29.6 Å². The Hall–Kier alpha value is 1.00. The fourth-order valence-corrected chi connectivity index (χ4v) is 0. The zero-order valence-electron chi connectivity index (χ0n) is 4.28. The Morgan fingerprint density at radius 2 is 1.80 bits per heavy atom. The van der Waals surface area contributed by atoms with Gasteiger partial charge in [-0.15, -0.1) is 0 Å². The van der Waals surface area contributed by atoms with Crippen LogP contribution in [-0.4, -0.2) is 0 Å². The van der Waals surface area contributed by atoms with E-state index in [9.17, 15) is 0 Å². The summed E-state index contributed by atoms with van der Waals surface area (Å²) < 4.78 is 0. The monoisotopic (exact) mass is 80.1 g/mol. The van der Waals surface area contributed by atoms with Crippen LogP contribution in [0.5, 0.6) is 0 Å². The standard InChI is InChI=1S/C4H9.Na/c1-3-4-2;/h3H,4H2,1-2H3;/q-1;+1. The summed E-state index contributed by atoms with van der Waals surface area (Å²) in [5.41, 5.74) is 0. The molecule has 0 atom stereocenters. The summed E-state index contributed by atoms with van der Waals surface area (Å²) in [6, 6.07) is 0. The van der Waals surface area contributed by atoms with Gasteiger partial charge < -0.3 is 6.42 Å². The van der Waals surface area contributed by atoms with Crippen molar-refractivity contribution in [3.63, 3.8) is 0 Å². The largest absolute Gasteiger partial charge is 1.00 e. The van der Waals surface area contributed by atoms with Gasteiger partial charge in [-0.05, 0) is 0 Å². The minimum atomic E-state index is 0. The molecule has 0 N–H and O–H groups in total. The second kappa shape index (κ2) is 8.89. The van der Waals surface area contributed by atoms with Gasteiger partial charge in [-0.25, -0.2) is 0 Å². The Morgan fingerprint density at radius 3 is 1.80 bits per heavy atom. The van der Waals surface area contributed by atoms with E-state index < -0.39 is 0 Å². The molecule has 0 aromatic heterocycles. The van der Waals surface area contributed by atoms with Crippen molar-refractivity contribution >= 4 is 0 Å².